The van der Waals surface area contributed by atoms with Crippen LogP contribution in [0.2, 0.25) is 0 Å². The highest BCUT2D eigenvalue weighted by Gasteiger charge is 2.35. The predicted molar refractivity (Wildman–Crippen MR) is 113 cm³/mol. The molecule has 3 heterocycles. The molecule has 0 aliphatic carbocycles. The van der Waals surface area contributed by atoms with Gasteiger partial charge in [-0.25, -0.2) is 13.4 Å². The van der Waals surface area contributed by atoms with E-state index in [0.717, 1.165) is 11.3 Å². The van der Waals surface area contributed by atoms with E-state index < -0.39 is 28.3 Å². The number of sulfone groups is 1. The number of halogens is 3. The van der Waals surface area contributed by atoms with Crippen molar-refractivity contribution in [1.82, 2.24) is 14.9 Å². The lowest BCUT2D eigenvalue weighted by molar-refractivity contribution is -0.162. The summed E-state index contributed by atoms with van der Waals surface area (Å²) >= 11 is 0. The van der Waals surface area contributed by atoms with Gasteiger partial charge in [0.15, 0.2) is 9.84 Å². The molecule has 8 nitrogen and oxygen atoms in total. The van der Waals surface area contributed by atoms with Crippen molar-refractivity contribution in [3.05, 3.63) is 36.0 Å². The minimum absolute atomic E-state index is 0.194. The molecule has 1 aromatic carbocycles. The number of likely N-dealkylation sites (tertiary alicyclic amines) is 1. The number of benzene rings is 1. The summed E-state index contributed by atoms with van der Waals surface area (Å²) in [4.78, 5) is 23.9. The first kappa shape index (κ1) is 23.3. The lowest BCUT2D eigenvalue weighted by Crippen LogP contribution is -2.43. The number of aromatic nitrogens is 2. The van der Waals surface area contributed by atoms with E-state index in [1.165, 1.54) is 11.2 Å². The first-order chi connectivity index (χ1) is 15.5. The van der Waals surface area contributed by atoms with Gasteiger partial charge >= 0.3 is 6.18 Å². The third-order valence-electron chi connectivity index (χ3n) is 5.67. The molecule has 1 saturated heterocycles. The molecule has 0 N–H and O–H groups in total. The highest BCUT2D eigenvalue weighted by Crippen LogP contribution is 2.34. The maximum absolute atomic E-state index is 12.4. The Morgan fingerprint density at radius 1 is 1.18 bits per heavy atom. The predicted octanol–water partition coefficient (Wildman–Crippen LogP) is 2.90. The summed E-state index contributed by atoms with van der Waals surface area (Å²) in [7, 11) is -3.30. The molecule has 0 radical (unpaired) electrons. The monoisotopic (exact) mass is 484 g/mol. The topological polar surface area (TPSA) is 92.7 Å². The second-order valence-electron chi connectivity index (χ2n) is 8.15. The molecule has 33 heavy (non-hydrogen) atoms. The largest absolute Gasteiger partial charge is 0.474 e. The summed E-state index contributed by atoms with van der Waals surface area (Å²) < 4.78 is 66.9. The van der Waals surface area contributed by atoms with Gasteiger partial charge < -0.3 is 14.5 Å². The summed E-state index contributed by atoms with van der Waals surface area (Å²) in [6.07, 6.45) is -2.04. The van der Waals surface area contributed by atoms with Crippen LogP contribution in [0.5, 0.6) is 5.88 Å². The quantitative estimate of drug-likeness (QED) is 0.644. The molecule has 2 aromatic rings. The molecular formula is C21H23F3N4O4S. The number of amides is 1. The number of fused-ring (bicyclic) bond motifs is 1. The Morgan fingerprint density at radius 2 is 1.91 bits per heavy atom. The van der Waals surface area contributed by atoms with Crippen molar-refractivity contribution in [3.63, 3.8) is 0 Å². The Balaban J connectivity index is 1.40. The molecule has 0 spiro atoms. The van der Waals surface area contributed by atoms with Crippen molar-refractivity contribution >= 4 is 27.4 Å². The highest BCUT2D eigenvalue weighted by atomic mass is 32.2. The zero-order chi connectivity index (χ0) is 23.8. The molecule has 2 aliphatic heterocycles. The fourth-order valence-electron chi connectivity index (χ4n) is 4.02. The van der Waals surface area contributed by atoms with E-state index in [1.54, 1.807) is 30.5 Å². The Hall–Kier alpha value is -2.89. The zero-order valence-electron chi connectivity index (χ0n) is 17.9. The van der Waals surface area contributed by atoms with E-state index in [9.17, 15) is 26.4 Å². The second-order valence-corrected chi connectivity index (χ2v) is 10.2. The zero-order valence-corrected chi connectivity index (χ0v) is 18.7. The minimum Gasteiger partial charge on any atom is -0.474 e. The molecule has 0 unspecified atom stereocenters. The molecule has 2 aliphatic rings. The van der Waals surface area contributed by atoms with Crippen LogP contribution in [0.3, 0.4) is 0 Å². The fraction of sp³-hybridized carbons (Fsp3) is 0.476. The Kier molecular flexibility index (Phi) is 6.21. The Bertz CT molecular complexity index is 1150. The average Bonchev–Trinajstić information content (AvgIpc) is 3.16. The van der Waals surface area contributed by atoms with E-state index >= 15 is 0 Å². The SMILES string of the molecule is CS(=O)(=O)c1ccc2c(c1)CCN2c1nccc(OC2CCN(C(=O)CC(F)(F)F)CC2)n1. The number of ether oxygens (including phenoxy) is 1. The molecule has 1 fully saturated rings. The maximum atomic E-state index is 12.4. The van der Waals surface area contributed by atoms with Gasteiger partial charge in [-0.05, 0) is 30.2 Å². The standard InChI is InChI=1S/C21H23F3N4O4S/c1-33(30,31)16-2-3-17-14(12-16)5-11-28(17)20-25-8-4-18(26-20)32-15-6-9-27(10-7-15)19(29)13-21(22,23)24/h2-4,8,12,15H,5-7,9-11,13H2,1H3. The van der Waals surface area contributed by atoms with Crippen LogP contribution in [-0.2, 0) is 21.1 Å². The molecule has 12 heteroatoms. The number of hydrogen-bond donors (Lipinski definition) is 0. The van der Waals surface area contributed by atoms with Crippen LogP contribution in [0.25, 0.3) is 0 Å². The molecule has 178 valence electrons. The summed E-state index contributed by atoms with van der Waals surface area (Å²) in [5, 5.41) is 0. The molecule has 1 amide bonds. The number of rotatable bonds is 5. The Labute approximate surface area is 189 Å². The number of alkyl halides is 3. The van der Waals surface area contributed by atoms with E-state index in [1.807, 2.05) is 4.90 Å². The summed E-state index contributed by atoms with van der Waals surface area (Å²) in [6.45, 7) is 0.977. The molecule has 1 aromatic heterocycles. The Morgan fingerprint density at radius 3 is 2.58 bits per heavy atom. The maximum Gasteiger partial charge on any atom is 0.397 e. The van der Waals surface area contributed by atoms with Crippen molar-refractivity contribution in [3.8, 4) is 5.88 Å². The lowest BCUT2D eigenvalue weighted by atomic mass is 10.1. The van der Waals surface area contributed by atoms with Gasteiger partial charge in [0.1, 0.15) is 12.5 Å². The smallest absolute Gasteiger partial charge is 0.397 e. The van der Waals surface area contributed by atoms with E-state index in [4.69, 9.17) is 4.74 Å². The normalized spacial score (nSPS) is 17.2. The van der Waals surface area contributed by atoms with Crippen LogP contribution in [-0.4, -0.2) is 67.4 Å². The van der Waals surface area contributed by atoms with Gasteiger partial charge in [-0.3, -0.25) is 4.79 Å². The molecule has 0 atom stereocenters. The van der Waals surface area contributed by atoms with Crippen LogP contribution in [0.4, 0.5) is 24.8 Å². The molecule has 4 rings (SSSR count). The van der Waals surface area contributed by atoms with Gasteiger partial charge in [0.2, 0.25) is 17.7 Å². The van der Waals surface area contributed by atoms with Crippen LogP contribution in [0.15, 0.2) is 35.4 Å². The average molecular weight is 485 g/mol. The van der Waals surface area contributed by atoms with E-state index in [2.05, 4.69) is 9.97 Å². The van der Waals surface area contributed by atoms with Crippen molar-refractivity contribution < 1.29 is 31.1 Å². The van der Waals surface area contributed by atoms with Crippen molar-refractivity contribution in [2.75, 3.05) is 30.8 Å². The number of nitrogens with zero attached hydrogens (tertiary/aromatic N) is 4. The van der Waals surface area contributed by atoms with Gasteiger partial charge in [-0.2, -0.15) is 18.2 Å². The second kappa shape index (κ2) is 8.81. The van der Waals surface area contributed by atoms with Gasteiger partial charge in [-0.15, -0.1) is 0 Å². The number of carbonyl (C=O) groups is 1. The molecule has 0 bridgehead atoms. The van der Waals surface area contributed by atoms with Gasteiger partial charge in [0.05, 0.1) is 4.90 Å². The highest BCUT2D eigenvalue weighted by molar-refractivity contribution is 7.90. The third kappa shape index (κ3) is 5.55. The van der Waals surface area contributed by atoms with Crippen molar-refractivity contribution in [2.24, 2.45) is 0 Å². The first-order valence-electron chi connectivity index (χ1n) is 10.4. The van der Waals surface area contributed by atoms with Gasteiger partial charge in [-0.1, -0.05) is 0 Å². The summed E-state index contributed by atoms with van der Waals surface area (Å²) in [5.41, 5.74) is 1.72. The summed E-state index contributed by atoms with van der Waals surface area (Å²) in [5.74, 6) is -0.172. The van der Waals surface area contributed by atoms with E-state index in [-0.39, 0.29) is 24.1 Å². The van der Waals surface area contributed by atoms with Crippen LogP contribution in [0, 0.1) is 0 Å². The van der Waals surface area contributed by atoms with Gasteiger partial charge in [0.25, 0.3) is 0 Å². The summed E-state index contributed by atoms with van der Waals surface area (Å²) in [6, 6.07) is 6.57. The lowest BCUT2D eigenvalue weighted by Gasteiger charge is -2.32. The number of anilines is 2. The number of hydrogen-bond acceptors (Lipinski definition) is 7. The number of carbonyl (C=O) groups excluding carboxylic acids is 1. The van der Waals surface area contributed by atoms with Crippen LogP contribution in [0.1, 0.15) is 24.8 Å². The van der Waals surface area contributed by atoms with Crippen molar-refractivity contribution in [2.45, 2.75) is 42.9 Å². The number of piperidine rings is 1. The molecular weight excluding hydrogens is 461 g/mol. The first-order valence-corrected chi connectivity index (χ1v) is 12.3. The molecule has 0 saturated carbocycles. The fourth-order valence-corrected chi connectivity index (χ4v) is 4.69. The van der Waals surface area contributed by atoms with E-state index in [0.29, 0.717) is 37.6 Å². The van der Waals surface area contributed by atoms with Crippen molar-refractivity contribution in [1.29, 1.82) is 0 Å². The van der Waals surface area contributed by atoms with Crippen LogP contribution < -0.4 is 9.64 Å². The minimum atomic E-state index is -4.51. The third-order valence-corrected chi connectivity index (χ3v) is 6.78. The van der Waals surface area contributed by atoms with Gasteiger partial charge in [0, 0.05) is 56.7 Å². The van der Waals surface area contributed by atoms with Crippen LogP contribution >= 0.6 is 0 Å².